The van der Waals surface area contributed by atoms with Gasteiger partial charge in [-0.15, -0.1) is 0 Å². The molecule has 0 heterocycles. The molecular formula is C19H24O3SSe3. The van der Waals surface area contributed by atoms with Crippen LogP contribution < -0.4 is 0 Å². The molecule has 2 aromatic rings. The molecule has 7 heteroatoms. The minimum atomic E-state index is -3.80. The molecule has 0 radical (unpaired) electrons. The van der Waals surface area contributed by atoms with Crippen molar-refractivity contribution in [2.24, 2.45) is 0 Å². The van der Waals surface area contributed by atoms with E-state index < -0.39 is 16.2 Å². The van der Waals surface area contributed by atoms with Gasteiger partial charge in [0, 0.05) is 0 Å². The van der Waals surface area contributed by atoms with Crippen molar-refractivity contribution in [3.05, 3.63) is 65.7 Å². The molecule has 0 N–H and O–H groups in total. The van der Waals surface area contributed by atoms with Crippen LogP contribution in [0.1, 0.15) is 23.7 Å². The van der Waals surface area contributed by atoms with Crippen LogP contribution in [0.15, 0.2) is 59.5 Å². The van der Waals surface area contributed by atoms with Gasteiger partial charge in [-0.3, -0.25) is 0 Å². The van der Waals surface area contributed by atoms with Crippen molar-refractivity contribution in [1.82, 2.24) is 0 Å². The summed E-state index contributed by atoms with van der Waals surface area (Å²) in [4.78, 5) is 0.223. The molecule has 0 aliphatic carbocycles. The van der Waals surface area contributed by atoms with Crippen LogP contribution in [0.4, 0.5) is 0 Å². The van der Waals surface area contributed by atoms with Gasteiger partial charge >= 0.3 is 177 Å². The Labute approximate surface area is 176 Å². The van der Waals surface area contributed by atoms with Gasteiger partial charge in [-0.05, 0) is 0 Å². The molecule has 0 saturated carbocycles. The third kappa shape index (κ3) is 5.70. The van der Waals surface area contributed by atoms with Gasteiger partial charge in [-0.25, -0.2) is 0 Å². The van der Waals surface area contributed by atoms with Crippen molar-refractivity contribution in [3.8, 4) is 0 Å². The summed E-state index contributed by atoms with van der Waals surface area (Å²) in [6.45, 7) is 1.94. The van der Waals surface area contributed by atoms with Crippen LogP contribution >= 0.6 is 0 Å². The molecule has 0 bridgehead atoms. The van der Waals surface area contributed by atoms with Crippen LogP contribution in [0, 0.1) is 6.92 Å². The van der Waals surface area contributed by atoms with Crippen molar-refractivity contribution in [1.29, 1.82) is 0 Å². The monoisotopic (exact) mass is 572 g/mol. The zero-order valence-electron chi connectivity index (χ0n) is 15.3. The first kappa shape index (κ1) is 22.2. The first-order valence-corrected chi connectivity index (χ1v) is 17.2. The summed E-state index contributed by atoms with van der Waals surface area (Å²) in [7, 11) is -3.80. The predicted octanol–water partition coefficient (Wildman–Crippen LogP) is 4.16. The van der Waals surface area contributed by atoms with Gasteiger partial charge in [-0.1, -0.05) is 0 Å². The summed E-state index contributed by atoms with van der Waals surface area (Å²) in [6.07, 6.45) is 0.332. The van der Waals surface area contributed by atoms with E-state index in [1.165, 1.54) is 0 Å². The Morgan fingerprint density at radius 3 is 1.96 bits per heavy atom. The normalized spacial score (nSPS) is 13.5. The molecule has 3 nitrogen and oxygen atoms in total. The van der Waals surface area contributed by atoms with Crippen LogP contribution in [-0.2, 0) is 14.3 Å². The molecule has 0 fully saturated rings. The molecule has 0 saturated heterocycles. The SMILES string of the molecule is C[Se]C(CC(OS(=O)(=O)c1ccc(C)cc1)c1ccccc1)([Se]C)[Se]C. The van der Waals surface area contributed by atoms with E-state index >= 15 is 0 Å². The van der Waals surface area contributed by atoms with E-state index in [1.54, 1.807) is 24.3 Å². The van der Waals surface area contributed by atoms with Gasteiger partial charge in [0.25, 0.3) is 0 Å². The number of hydrogen-bond donors (Lipinski definition) is 0. The van der Waals surface area contributed by atoms with E-state index in [1.807, 2.05) is 37.3 Å². The van der Waals surface area contributed by atoms with E-state index in [9.17, 15) is 8.42 Å². The average molecular weight is 569 g/mol. The van der Waals surface area contributed by atoms with Gasteiger partial charge in [0.1, 0.15) is 0 Å². The Morgan fingerprint density at radius 2 is 1.46 bits per heavy atom. The molecule has 1 atom stereocenters. The molecule has 0 aliphatic rings. The summed E-state index contributed by atoms with van der Waals surface area (Å²) in [6, 6.07) is 16.6. The summed E-state index contributed by atoms with van der Waals surface area (Å²) in [5.74, 6) is 6.79. The summed E-state index contributed by atoms with van der Waals surface area (Å²) in [5.41, 5.74) is 1.96. The van der Waals surface area contributed by atoms with Crippen molar-refractivity contribution >= 4 is 55.0 Å². The number of hydrogen-bond acceptors (Lipinski definition) is 3. The second-order valence-electron chi connectivity index (χ2n) is 5.76. The van der Waals surface area contributed by atoms with Crippen LogP contribution in [0.5, 0.6) is 0 Å². The summed E-state index contributed by atoms with van der Waals surface area (Å²) >= 11 is 1.38. The van der Waals surface area contributed by atoms with Gasteiger partial charge in [-0.2, -0.15) is 0 Å². The number of benzene rings is 2. The summed E-state index contributed by atoms with van der Waals surface area (Å²) < 4.78 is 31.8. The number of rotatable bonds is 9. The van der Waals surface area contributed by atoms with Crippen LogP contribution in [-0.4, -0.2) is 53.3 Å². The quantitative estimate of drug-likeness (QED) is 0.337. The number of aryl methyl sites for hydroxylation is 1. The van der Waals surface area contributed by atoms with Crippen LogP contribution in [0.2, 0.25) is 19.6 Å². The van der Waals surface area contributed by atoms with Crippen molar-refractivity contribution < 1.29 is 12.6 Å². The Hall–Kier alpha value is -0.0916. The zero-order valence-corrected chi connectivity index (χ0v) is 21.3. The topological polar surface area (TPSA) is 43.4 Å². The molecule has 2 rings (SSSR count). The van der Waals surface area contributed by atoms with Crippen molar-refractivity contribution in [3.63, 3.8) is 0 Å². The van der Waals surface area contributed by atoms with Crippen LogP contribution in [0.25, 0.3) is 0 Å². The fourth-order valence-electron chi connectivity index (χ4n) is 2.52. The first-order chi connectivity index (χ1) is 12.4. The maximum atomic E-state index is 12.9. The molecule has 26 heavy (non-hydrogen) atoms. The molecule has 0 amide bonds. The molecule has 0 spiro atoms. The Bertz CT molecular complexity index is 780. The summed E-state index contributed by atoms with van der Waals surface area (Å²) in [5, 5.41) is 0. The van der Waals surface area contributed by atoms with E-state index in [4.69, 9.17) is 4.18 Å². The first-order valence-electron chi connectivity index (χ1n) is 8.06. The zero-order chi connectivity index (χ0) is 19.2. The fourth-order valence-corrected chi connectivity index (χ4v) is 12.1. The Balaban J connectivity index is 2.37. The third-order valence-corrected chi connectivity index (χ3v) is 21.3. The standard InChI is InChI=1S/C19H24O3SSe3/c1-15-10-12-17(13-11-15)23(20,21)22-18(16-8-6-5-7-9-16)14-19(24-2,25-3)26-4/h5-13,18H,14H2,1-4H3. The second-order valence-corrected chi connectivity index (χ2v) is 18.2. The Morgan fingerprint density at radius 1 is 0.923 bits per heavy atom. The molecule has 0 aliphatic heterocycles. The van der Waals surface area contributed by atoms with E-state index in [2.05, 4.69) is 17.5 Å². The maximum absolute atomic E-state index is 12.9. The van der Waals surface area contributed by atoms with Gasteiger partial charge in [0.2, 0.25) is 0 Å². The van der Waals surface area contributed by atoms with Crippen LogP contribution in [0.3, 0.4) is 0 Å². The van der Waals surface area contributed by atoms with E-state index in [0.717, 1.165) is 17.5 Å². The molecule has 0 aromatic heterocycles. The average Bonchev–Trinajstić information content (AvgIpc) is 2.66. The van der Waals surface area contributed by atoms with Gasteiger partial charge in [0.05, 0.1) is 0 Å². The Kier molecular flexibility index (Phi) is 8.46. The molecule has 1 unspecified atom stereocenters. The van der Waals surface area contributed by atoms with Crippen molar-refractivity contribution in [2.45, 2.75) is 43.9 Å². The molecule has 2 aromatic carbocycles. The molecular weight excluding hydrogens is 545 g/mol. The fraction of sp³-hybridized carbons (Fsp3) is 0.368. The van der Waals surface area contributed by atoms with E-state index in [0.29, 0.717) is 44.9 Å². The minimum absolute atomic E-state index is 0.223. The third-order valence-electron chi connectivity index (χ3n) is 4.09. The van der Waals surface area contributed by atoms with Gasteiger partial charge < -0.3 is 0 Å². The molecule has 142 valence electrons. The van der Waals surface area contributed by atoms with E-state index in [-0.39, 0.29) is 7.01 Å². The second kappa shape index (κ2) is 9.91. The van der Waals surface area contributed by atoms with Crippen molar-refractivity contribution in [2.75, 3.05) is 0 Å². The predicted molar refractivity (Wildman–Crippen MR) is 111 cm³/mol. The van der Waals surface area contributed by atoms with Gasteiger partial charge in [0.15, 0.2) is 0 Å².